The quantitative estimate of drug-likeness (QED) is 0.672. The van der Waals surface area contributed by atoms with Crippen LogP contribution in [0.3, 0.4) is 0 Å². The molecule has 0 radical (unpaired) electrons. The number of hydrogen-bond acceptors (Lipinski definition) is 4. The Kier molecular flexibility index (Phi) is 4.42. The summed E-state index contributed by atoms with van der Waals surface area (Å²) < 4.78 is 5.42. The van der Waals surface area contributed by atoms with Crippen molar-refractivity contribution >= 4 is 17.3 Å². The topological polar surface area (TPSA) is 90.4 Å². The Bertz CT molecular complexity index is 430. The molecule has 0 bridgehead atoms. The molecule has 5 N–H and O–H groups in total. The van der Waals surface area contributed by atoms with E-state index in [1.807, 2.05) is 32.9 Å². The Morgan fingerprint density at radius 2 is 2.11 bits per heavy atom. The summed E-state index contributed by atoms with van der Waals surface area (Å²) in [5.74, 6) is 0.297. The second kappa shape index (κ2) is 5.62. The van der Waals surface area contributed by atoms with Gasteiger partial charge in [-0.15, -0.1) is 0 Å². The van der Waals surface area contributed by atoms with E-state index in [0.29, 0.717) is 18.0 Å². The molecule has 0 aliphatic heterocycles. The van der Waals surface area contributed by atoms with Crippen molar-refractivity contribution < 1.29 is 9.53 Å². The number of carbonyl (C=O) groups is 1. The Morgan fingerprint density at radius 3 is 2.67 bits per heavy atom. The summed E-state index contributed by atoms with van der Waals surface area (Å²) in [5.41, 5.74) is 12.0. The molecule has 0 unspecified atom stereocenters. The number of nitrogens with one attached hydrogen (secondary N) is 1. The van der Waals surface area contributed by atoms with Crippen LogP contribution < -0.4 is 21.5 Å². The number of primary amides is 1. The largest absolute Gasteiger partial charge is 0.492 e. The van der Waals surface area contributed by atoms with Gasteiger partial charge in [0.15, 0.2) is 0 Å². The van der Waals surface area contributed by atoms with Gasteiger partial charge in [0.2, 0.25) is 5.91 Å². The first kappa shape index (κ1) is 14.2. The highest BCUT2D eigenvalue weighted by atomic mass is 16.5. The molecule has 1 amide bonds. The number of nitrogens with two attached hydrogens (primary N) is 2. The number of hydrogen-bond donors (Lipinski definition) is 3. The second-order valence-electron chi connectivity index (χ2n) is 4.84. The molecule has 0 aliphatic carbocycles. The van der Waals surface area contributed by atoms with Crippen molar-refractivity contribution in [3.05, 3.63) is 18.2 Å². The first-order chi connectivity index (χ1) is 8.34. The van der Waals surface area contributed by atoms with Gasteiger partial charge >= 0.3 is 0 Å². The molecule has 5 heteroatoms. The summed E-state index contributed by atoms with van der Waals surface area (Å²) in [6, 6.07) is 5.44. The number of anilines is 2. The Balaban J connectivity index is 2.84. The second-order valence-corrected chi connectivity index (χ2v) is 4.84. The van der Waals surface area contributed by atoms with Crippen molar-refractivity contribution in [1.82, 2.24) is 0 Å². The number of nitrogen functional groups attached to an aromatic ring is 1. The monoisotopic (exact) mass is 251 g/mol. The lowest BCUT2D eigenvalue weighted by molar-refractivity contribution is -0.118. The molecule has 0 aliphatic rings. The van der Waals surface area contributed by atoms with E-state index in [2.05, 4.69) is 5.32 Å². The highest BCUT2D eigenvalue weighted by Crippen LogP contribution is 2.27. The van der Waals surface area contributed by atoms with Crippen molar-refractivity contribution in [3.8, 4) is 5.75 Å². The summed E-state index contributed by atoms with van der Waals surface area (Å²) in [6.45, 7) is 6.28. The summed E-state index contributed by atoms with van der Waals surface area (Å²) in [4.78, 5) is 11.0. The molecule has 0 atom stereocenters. The zero-order valence-corrected chi connectivity index (χ0v) is 11.1. The number of rotatable bonds is 6. The highest BCUT2D eigenvalue weighted by molar-refractivity contribution is 5.76. The number of amides is 1. The average molecular weight is 251 g/mol. The third kappa shape index (κ3) is 4.16. The first-order valence-electron chi connectivity index (χ1n) is 5.93. The molecule has 18 heavy (non-hydrogen) atoms. The van der Waals surface area contributed by atoms with Crippen LogP contribution >= 0.6 is 0 Å². The van der Waals surface area contributed by atoms with E-state index in [-0.39, 0.29) is 12.3 Å². The molecule has 0 aromatic heterocycles. The summed E-state index contributed by atoms with van der Waals surface area (Å²) >= 11 is 0. The normalized spacial score (nSPS) is 11.1. The predicted octanol–water partition coefficient (Wildman–Crippen LogP) is 1.73. The third-order valence-electron chi connectivity index (χ3n) is 2.41. The minimum atomic E-state index is -0.411. The lowest BCUT2D eigenvalue weighted by Crippen LogP contribution is -2.35. The van der Waals surface area contributed by atoms with E-state index < -0.39 is 5.54 Å². The molecule has 0 fully saturated rings. The predicted molar refractivity (Wildman–Crippen MR) is 73.5 cm³/mol. The molecule has 0 saturated heterocycles. The molecule has 0 heterocycles. The number of carbonyl (C=O) groups excluding carboxylic acids is 1. The van der Waals surface area contributed by atoms with Gasteiger partial charge in [0.1, 0.15) is 5.75 Å². The third-order valence-corrected chi connectivity index (χ3v) is 2.41. The van der Waals surface area contributed by atoms with E-state index >= 15 is 0 Å². The Hall–Kier alpha value is -1.91. The summed E-state index contributed by atoms with van der Waals surface area (Å²) in [6.07, 6.45) is 0.251. The van der Waals surface area contributed by atoms with Crippen LogP contribution in [0.25, 0.3) is 0 Å². The zero-order valence-electron chi connectivity index (χ0n) is 11.1. The van der Waals surface area contributed by atoms with Crippen LogP contribution in [0.5, 0.6) is 5.75 Å². The highest BCUT2D eigenvalue weighted by Gasteiger charge is 2.20. The maximum atomic E-state index is 11.0. The van der Waals surface area contributed by atoms with E-state index in [4.69, 9.17) is 16.2 Å². The molecule has 0 spiro atoms. The van der Waals surface area contributed by atoms with E-state index in [1.165, 1.54) is 0 Å². The van der Waals surface area contributed by atoms with Crippen LogP contribution in [0.1, 0.15) is 27.2 Å². The Labute approximate surface area is 107 Å². The van der Waals surface area contributed by atoms with Gasteiger partial charge in [-0.3, -0.25) is 4.79 Å². The standard InChI is InChI=1S/C13H21N3O2/c1-4-18-11-7-9(5-6-10(11)14)16-13(2,3)8-12(15)17/h5-7,16H,4,8,14H2,1-3H3,(H2,15,17). The summed E-state index contributed by atoms with van der Waals surface area (Å²) in [5, 5.41) is 3.24. The zero-order chi connectivity index (χ0) is 13.8. The van der Waals surface area contributed by atoms with Crippen LogP contribution in [-0.4, -0.2) is 18.1 Å². The molecule has 5 nitrogen and oxygen atoms in total. The molecule has 100 valence electrons. The smallest absolute Gasteiger partial charge is 0.219 e. The van der Waals surface area contributed by atoms with E-state index in [9.17, 15) is 4.79 Å². The summed E-state index contributed by atoms with van der Waals surface area (Å²) in [7, 11) is 0. The van der Waals surface area contributed by atoms with Crippen molar-refractivity contribution in [2.24, 2.45) is 5.73 Å². The molecular weight excluding hydrogens is 230 g/mol. The number of ether oxygens (including phenoxy) is 1. The maximum absolute atomic E-state index is 11.0. The van der Waals surface area contributed by atoms with Crippen molar-refractivity contribution in [3.63, 3.8) is 0 Å². The first-order valence-corrected chi connectivity index (χ1v) is 5.93. The van der Waals surface area contributed by atoms with Crippen molar-refractivity contribution in [1.29, 1.82) is 0 Å². The van der Waals surface area contributed by atoms with Crippen LogP contribution in [-0.2, 0) is 4.79 Å². The van der Waals surface area contributed by atoms with Crippen LogP contribution in [0, 0.1) is 0 Å². The average Bonchev–Trinajstić information content (AvgIpc) is 2.21. The molecule has 0 saturated carbocycles. The lowest BCUT2D eigenvalue weighted by atomic mass is 10.00. The van der Waals surface area contributed by atoms with Crippen molar-refractivity contribution in [2.75, 3.05) is 17.7 Å². The van der Waals surface area contributed by atoms with Gasteiger partial charge < -0.3 is 21.5 Å². The van der Waals surface area contributed by atoms with Crippen molar-refractivity contribution in [2.45, 2.75) is 32.7 Å². The fraction of sp³-hybridized carbons (Fsp3) is 0.462. The van der Waals surface area contributed by atoms with Gasteiger partial charge in [0.05, 0.1) is 12.3 Å². The van der Waals surface area contributed by atoms with E-state index in [0.717, 1.165) is 5.69 Å². The maximum Gasteiger partial charge on any atom is 0.219 e. The van der Waals surface area contributed by atoms with Gasteiger partial charge in [-0.05, 0) is 32.9 Å². The lowest BCUT2D eigenvalue weighted by Gasteiger charge is -2.26. The number of benzene rings is 1. The van der Waals surface area contributed by atoms with Crippen LogP contribution in [0.15, 0.2) is 18.2 Å². The van der Waals surface area contributed by atoms with Crippen LogP contribution in [0.2, 0.25) is 0 Å². The van der Waals surface area contributed by atoms with Gasteiger partial charge in [-0.1, -0.05) is 0 Å². The molecular formula is C13H21N3O2. The van der Waals surface area contributed by atoms with Gasteiger partial charge in [-0.2, -0.15) is 0 Å². The molecule has 1 rings (SSSR count). The Morgan fingerprint density at radius 1 is 1.44 bits per heavy atom. The van der Waals surface area contributed by atoms with Gasteiger partial charge in [-0.25, -0.2) is 0 Å². The van der Waals surface area contributed by atoms with Gasteiger partial charge in [0, 0.05) is 23.7 Å². The molecule has 1 aromatic carbocycles. The van der Waals surface area contributed by atoms with Crippen LogP contribution in [0.4, 0.5) is 11.4 Å². The molecule has 1 aromatic rings. The minimum Gasteiger partial charge on any atom is -0.492 e. The fourth-order valence-electron chi connectivity index (χ4n) is 1.76. The van der Waals surface area contributed by atoms with E-state index in [1.54, 1.807) is 6.07 Å². The fourth-order valence-corrected chi connectivity index (χ4v) is 1.76. The minimum absolute atomic E-state index is 0.251. The SMILES string of the molecule is CCOc1cc(NC(C)(C)CC(N)=O)ccc1N. The van der Waals surface area contributed by atoms with Gasteiger partial charge in [0.25, 0.3) is 0 Å².